The summed E-state index contributed by atoms with van der Waals surface area (Å²) < 4.78 is 0. The van der Waals surface area contributed by atoms with Crippen LogP contribution in [0.1, 0.15) is 40.0 Å². The summed E-state index contributed by atoms with van der Waals surface area (Å²) in [5, 5.41) is 3.56. The Morgan fingerprint density at radius 1 is 1.30 bits per heavy atom. The van der Waals surface area contributed by atoms with Gasteiger partial charge in [-0.05, 0) is 18.8 Å². The van der Waals surface area contributed by atoms with Gasteiger partial charge in [0.15, 0.2) is 0 Å². The van der Waals surface area contributed by atoms with Crippen molar-refractivity contribution in [2.24, 2.45) is 5.92 Å². The van der Waals surface area contributed by atoms with Crippen molar-refractivity contribution in [3.63, 3.8) is 0 Å². The lowest BCUT2D eigenvalue weighted by molar-refractivity contribution is 0.0858. The molecular weight excluding hydrogens is 122 g/mol. The topological polar surface area (TPSA) is 12.0 Å². The zero-order valence-electron chi connectivity index (χ0n) is 7.41. The van der Waals surface area contributed by atoms with E-state index >= 15 is 0 Å². The second-order valence-corrected chi connectivity index (χ2v) is 3.35. The Morgan fingerprint density at radius 3 is 2.00 bits per heavy atom. The van der Waals surface area contributed by atoms with Crippen molar-refractivity contribution in [2.75, 3.05) is 6.54 Å². The molecule has 1 aliphatic rings. The molecule has 0 saturated carbocycles. The van der Waals surface area contributed by atoms with E-state index in [9.17, 15) is 0 Å². The van der Waals surface area contributed by atoms with Gasteiger partial charge in [-0.2, -0.15) is 0 Å². The van der Waals surface area contributed by atoms with Crippen LogP contribution >= 0.6 is 0 Å². The van der Waals surface area contributed by atoms with Gasteiger partial charge in [0, 0.05) is 12.1 Å². The van der Waals surface area contributed by atoms with Crippen molar-refractivity contribution >= 4 is 0 Å². The molecule has 0 bridgehead atoms. The third-order valence-corrected chi connectivity index (χ3v) is 3.24. The fourth-order valence-electron chi connectivity index (χ4n) is 2.15. The summed E-state index contributed by atoms with van der Waals surface area (Å²) in [6.07, 6.45) is 3.93. The third-order valence-electron chi connectivity index (χ3n) is 3.24. The second kappa shape index (κ2) is 2.91. The first-order chi connectivity index (χ1) is 4.79. The molecule has 1 unspecified atom stereocenters. The zero-order chi connectivity index (χ0) is 7.61. The van der Waals surface area contributed by atoms with Gasteiger partial charge < -0.3 is 5.32 Å². The van der Waals surface area contributed by atoms with Crippen molar-refractivity contribution in [2.45, 2.75) is 45.6 Å². The number of hydrogen-bond donors (Lipinski definition) is 1. The highest BCUT2D eigenvalue weighted by Gasteiger charge is 2.41. The summed E-state index contributed by atoms with van der Waals surface area (Å²) in [7, 11) is 0. The maximum atomic E-state index is 3.56. The van der Waals surface area contributed by atoms with Gasteiger partial charge in [0.25, 0.3) is 0 Å². The Balaban J connectivity index is 2.48. The smallest absolute Gasteiger partial charge is 0.0216 e. The van der Waals surface area contributed by atoms with E-state index in [-0.39, 0.29) is 0 Å². The zero-order valence-corrected chi connectivity index (χ0v) is 7.41. The van der Waals surface area contributed by atoms with E-state index in [1.165, 1.54) is 25.8 Å². The molecule has 1 heteroatoms. The maximum Gasteiger partial charge on any atom is 0.0216 e. The van der Waals surface area contributed by atoms with E-state index in [4.69, 9.17) is 0 Å². The van der Waals surface area contributed by atoms with E-state index < -0.39 is 0 Å². The summed E-state index contributed by atoms with van der Waals surface area (Å²) in [4.78, 5) is 0. The van der Waals surface area contributed by atoms with Gasteiger partial charge in [-0.15, -0.1) is 0 Å². The largest absolute Gasteiger partial charge is 0.311 e. The first-order valence-corrected chi connectivity index (χ1v) is 4.54. The molecule has 1 N–H and O–H groups in total. The van der Waals surface area contributed by atoms with Gasteiger partial charge in [0.1, 0.15) is 0 Å². The second-order valence-electron chi connectivity index (χ2n) is 3.35. The molecule has 0 aromatic carbocycles. The Bertz CT molecular complexity index is 97.8. The number of rotatable bonds is 3. The summed E-state index contributed by atoms with van der Waals surface area (Å²) >= 11 is 0. The lowest BCUT2D eigenvalue weighted by Gasteiger charge is -2.50. The first kappa shape index (κ1) is 8.06. The molecular formula is C9H19N. The molecule has 1 fully saturated rings. The van der Waals surface area contributed by atoms with E-state index in [1.54, 1.807) is 0 Å². The van der Waals surface area contributed by atoms with Gasteiger partial charge in [0.2, 0.25) is 0 Å². The molecule has 0 aromatic heterocycles. The van der Waals surface area contributed by atoms with Gasteiger partial charge >= 0.3 is 0 Å². The summed E-state index contributed by atoms with van der Waals surface area (Å²) in [6, 6.07) is 0. The first-order valence-electron chi connectivity index (χ1n) is 4.54. The molecule has 0 radical (unpaired) electrons. The van der Waals surface area contributed by atoms with Crippen LogP contribution in [0.15, 0.2) is 0 Å². The van der Waals surface area contributed by atoms with Crippen LogP contribution in [0.4, 0.5) is 0 Å². The highest BCUT2D eigenvalue weighted by atomic mass is 15.1. The van der Waals surface area contributed by atoms with Crippen LogP contribution in [0.3, 0.4) is 0 Å². The highest BCUT2D eigenvalue weighted by molar-refractivity contribution is 5.01. The number of nitrogens with one attached hydrogen (secondary N) is 1. The minimum Gasteiger partial charge on any atom is -0.311 e. The molecule has 1 atom stereocenters. The van der Waals surface area contributed by atoms with E-state index in [0.717, 1.165) is 5.92 Å². The van der Waals surface area contributed by atoms with Gasteiger partial charge in [0.05, 0.1) is 0 Å². The van der Waals surface area contributed by atoms with Crippen LogP contribution in [0.25, 0.3) is 0 Å². The highest BCUT2D eigenvalue weighted by Crippen LogP contribution is 2.34. The van der Waals surface area contributed by atoms with Crippen molar-refractivity contribution in [1.82, 2.24) is 5.32 Å². The van der Waals surface area contributed by atoms with Gasteiger partial charge in [-0.1, -0.05) is 27.2 Å². The Labute approximate surface area is 64.2 Å². The van der Waals surface area contributed by atoms with E-state index in [0.29, 0.717) is 5.54 Å². The monoisotopic (exact) mass is 141 g/mol. The van der Waals surface area contributed by atoms with Crippen LogP contribution in [-0.4, -0.2) is 12.1 Å². The molecule has 1 saturated heterocycles. The summed E-state index contributed by atoms with van der Waals surface area (Å²) in [6.45, 7) is 8.13. The SMILES string of the molecule is CCC1CNC1(CC)CC. The molecule has 0 spiro atoms. The molecule has 1 aliphatic heterocycles. The normalized spacial score (nSPS) is 29.7. The predicted octanol–water partition coefficient (Wildman–Crippen LogP) is 2.17. The van der Waals surface area contributed by atoms with Crippen LogP contribution < -0.4 is 5.32 Å². The third kappa shape index (κ3) is 0.968. The average molecular weight is 141 g/mol. The molecule has 0 amide bonds. The van der Waals surface area contributed by atoms with Crippen molar-refractivity contribution < 1.29 is 0 Å². The van der Waals surface area contributed by atoms with Gasteiger partial charge in [-0.25, -0.2) is 0 Å². The van der Waals surface area contributed by atoms with E-state index in [2.05, 4.69) is 26.1 Å². The molecule has 1 nitrogen and oxygen atoms in total. The van der Waals surface area contributed by atoms with Crippen LogP contribution in [0.2, 0.25) is 0 Å². The molecule has 0 aliphatic carbocycles. The molecule has 0 aromatic rings. The van der Waals surface area contributed by atoms with Crippen LogP contribution in [-0.2, 0) is 0 Å². The van der Waals surface area contributed by atoms with Crippen molar-refractivity contribution in [3.05, 3.63) is 0 Å². The summed E-state index contributed by atoms with van der Waals surface area (Å²) in [5.41, 5.74) is 0.523. The van der Waals surface area contributed by atoms with Crippen molar-refractivity contribution in [3.8, 4) is 0 Å². The lowest BCUT2D eigenvalue weighted by atomic mass is 9.71. The van der Waals surface area contributed by atoms with Crippen LogP contribution in [0.5, 0.6) is 0 Å². The fourth-order valence-corrected chi connectivity index (χ4v) is 2.15. The van der Waals surface area contributed by atoms with Crippen molar-refractivity contribution in [1.29, 1.82) is 0 Å². The standard InChI is InChI=1S/C9H19N/c1-4-8-7-10-9(8,5-2)6-3/h8,10H,4-7H2,1-3H3. The number of hydrogen-bond acceptors (Lipinski definition) is 1. The molecule has 10 heavy (non-hydrogen) atoms. The Hall–Kier alpha value is -0.0400. The fraction of sp³-hybridized carbons (Fsp3) is 1.00. The maximum absolute atomic E-state index is 3.56. The predicted molar refractivity (Wildman–Crippen MR) is 45.1 cm³/mol. The Kier molecular flexibility index (Phi) is 2.35. The van der Waals surface area contributed by atoms with E-state index in [1.807, 2.05) is 0 Å². The minimum atomic E-state index is 0.523. The minimum absolute atomic E-state index is 0.523. The quantitative estimate of drug-likeness (QED) is 0.635. The van der Waals surface area contributed by atoms with Crippen LogP contribution in [0, 0.1) is 5.92 Å². The average Bonchev–Trinajstić information content (AvgIpc) is 1.90. The molecule has 1 rings (SSSR count). The molecule has 60 valence electrons. The Morgan fingerprint density at radius 2 is 1.90 bits per heavy atom. The van der Waals surface area contributed by atoms with Gasteiger partial charge in [-0.3, -0.25) is 0 Å². The summed E-state index contributed by atoms with van der Waals surface area (Å²) in [5.74, 6) is 0.947. The molecule has 1 heterocycles. The lowest BCUT2D eigenvalue weighted by Crippen LogP contribution is -2.64.